The standard InChI is InChI=1S/C26H30N2O5S2/c1-19(2)14-28(35(30,31)22-7-5-4-6-8-22)17-26(29)27(16-25-20(3)11-12-34-25)15-21-9-10-23-24(13-21)33-18-32-23/h4-13,19H,14-18H2,1-3H3. The third-order valence-corrected chi connectivity index (χ3v) is 8.56. The van der Waals surface area contributed by atoms with Crippen molar-refractivity contribution in [1.29, 1.82) is 0 Å². The molecule has 0 N–H and O–H groups in total. The van der Waals surface area contributed by atoms with Crippen molar-refractivity contribution >= 4 is 27.3 Å². The van der Waals surface area contributed by atoms with Crippen LogP contribution in [-0.4, -0.2) is 43.4 Å². The number of hydrogen-bond acceptors (Lipinski definition) is 6. The first-order valence-electron chi connectivity index (χ1n) is 11.5. The van der Waals surface area contributed by atoms with Gasteiger partial charge in [-0.3, -0.25) is 4.79 Å². The van der Waals surface area contributed by atoms with E-state index in [-0.39, 0.29) is 36.6 Å². The number of benzene rings is 2. The number of thiophene rings is 1. The lowest BCUT2D eigenvalue weighted by molar-refractivity contribution is -0.132. The normalized spacial score (nSPS) is 12.9. The maximum atomic E-state index is 13.7. The van der Waals surface area contributed by atoms with Crippen molar-refractivity contribution in [3.8, 4) is 11.5 Å². The molecule has 1 aliphatic heterocycles. The molecule has 1 amide bonds. The molecule has 1 aliphatic rings. The van der Waals surface area contributed by atoms with E-state index in [0.717, 1.165) is 16.0 Å². The Kier molecular flexibility index (Phi) is 7.78. The van der Waals surface area contributed by atoms with Crippen molar-refractivity contribution in [3.05, 3.63) is 76.0 Å². The number of carbonyl (C=O) groups is 1. The van der Waals surface area contributed by atoms with Gasteiger partial charge in [-0.1, -0.05) is 38.1 Å². The molecule has 0 fully saturated rings. The first kappa shape index (κ1) is 25.2. The number of aryl methyl sites for hydroxylation is 1. The smallest absolute Gasteiger partial charge is 0.243 e. The molecule has 0 aliphatic carbocycles. The largest absolute Gasteiger partial charge is 0.454 e. The van der Waals surface area contributed by atoms with Gasteiger partial charge in [-0.15, -0.1) is 11.3 Å². The number of sulfonamides is 1. The summed E-state index contributed by atoms with van der Waals surface area (Å²) in [6.45, 7) is 6.82. The van der Waals surface area contributed by atoms with Crippen molar-refractivity contribution in [2.45, 2.75) is 38.8 Å². The van der Waals surface area contributed by atoms with Crippen LogP contribution in [0.15, 0.2) is 64.9 Å². The van der Waals surface area contributed by atoms with Crippen LogP contribution in [0.3, 0.4) is 0 Å². The van der Waals surface area contributed by atoms with E-state index in [1.165, 1.54) is 4.31 Å². The van der Waals surface area contributed by atoms with Gasteiger partial charge in [0, 0.05) is 18.0 Å². The zero-order valence-electron chi connectivity index (χ0n) is 20.1. The summed E-state index contributed by atoms with van der Waals surface area (Å²) < 4.78 is 39.0. The molecule has 1 aromatic heterocycles. The molecule has 0 atom stereocenters. The Labute approximate surface area is 210 Å². The molecule has 0 unspecified atom stereocenters. The Morgan fingerprint density at radius 2 is 1.77 bits per heavy atom. The van der Waals surface area contributed by atoms with E-state index in [0.29, 0.717) is 24.6 Å². The summed E-state index contributed by atoms with van der Waals surface area (Å²) in [5.41, 5.74) is 1.99. The monoisotopic (exact) mass is 514 g/mol. The molecule has 0 radical (unpaired) electrons. The average Bonchev–Trinajstić information content (AvgIpc) is 3.46. The minimum Gasteiger partial charge on any atom is -0.454 e. The van der Waals surface area contributed by atoms with E-state index in [9.17, 15) is 13.2 Å². The van der Waals surface area contributed by atoms with Crippen LogP contribution < -0.4 is 9.47 Å². The molecule has 4 rings (SSSR count). The topological polar surface area (TPSA) is 76.2 Å². The zero-order valence-corrected chi connectivity index (χ0v) is 21.8. The third-order valence-electron chi connectivity index (χ3n) is 5.73. The molecule has 35 heavy (non-hydrogen) atoms. The highest BCUT2D eigenvalue weighted by molar-refractivity contribution is 7.89. The van der Waals surface area contributed by atoms with E-state index < -0.39 is 10.0 Å². The lowest BCUT2D eigenvalue weighted by Gasteiger charge is -2.28. The maximum absolute atomic E-state index is 13.7. The molecule has 186 valence electrons. The van der Waals surface area contributed by atoms with Crippen molar-refractivity contribution in [2.75, 3.05) is 19.9 Å². The van der Waals surface area contributed by atoms with Crippen molar-refractivity contribution in [2.24, 2.45) is 5.92 Å². The summed E-state index contributed by atoms with van der Waals surface area (Å²) in [7, 11) is -3.82. The average molecular weight is 515 g/mol. The lowest BCUT2D eigenvalue weighted by atomic mass is 10.1. The summed E-state index contributed by atoms with van der Waals surface area (Å²) in [4.78, 5) is 16.6. The van der Waals surface area contributed by atoms with Crippen molar-refractivity contribution in [1.82, 2.24) is 9.21 Å². The van der Waals surface area contributed by atoms with E-state index in [1.54, 1.807) is 46.6 Å². The second kappa shape index (κ2) is 10.8. The van der Waals surface area contributed by atoms with Gasteiger partial charge in [0.05, 0.1) is 18.0 Å². The number of amides is 1. The van der Waals surface area contributed by atoms with E-state index in [4.69, 9.17) is 9.47 Å². The minimum atomic E-state index is -3.82. The Morgan fingerprint density at radius 3 is 2.46 bits per heavy atom. The molecular formula is C26H30N2O5S2. The number of nitrogens with zero attached hydrogens (tertiary/aromatic N) is 2. The summed E-state index contributed by atoms with van der Waals surface area (Å²) >= 11 is 1.59. The van der Waals surface area contributed by atoms with Gasteiger partial charge in [0.25, 0.3) is 0 Å². The second-order valence-corrected chi connectivity index (χ2v) is 11.9. The number of hydrogen-bond donors (Lipinski definition) is 0. The Bertz CT molecular complexity index is 1270. The Morgan fingerprint density at radius 1 is 1.03 bits per heavy atom. The quantitative estimate of drug-likeness (QED) is 0.393. The van der Waals surface area contributed by atoms with Gasteiger partial charge in [0.15, 0.2) is 11.5 Å². The number of fused-ring (bicyclic) bond motifs is 1. The molecule has 0 saturated carbocycles. The molecular weight excluding hydrogens is 484 g/mol. The Hall–Kier alpha value is -2.88. The molecule has 0 saturated heterocycles. The van der Waals surface area contributed by atoms with Gasteiger partial charge in [-0.2, -0.15) is 4.31 Å². The molecule has 2 aromatic carbocycles. The third kappa shape index (κ3) is 6.04. The van der Waals surface area contributed by atoms with E-state index in [1.807, 2.05) is 50.4 Å². The summed E-state index contributed by atoms with van der Waals surface area (Å²) in [6.07, 6.45) is 0. The van der Waals surface area contributed by atoms with Gasteiger partial charge in [0.2, 0.25) is 22.7 Å². The molecule has 0 spiro atoms. The van der Waals surface area contributed by atoms with Gasteiger partial charge in [-0.05, 0) is 59.7 Å². The molecule has 9 heteroatoms. The predicted molar refractivity (Wildman–Crippen MR) is 136 cm³/mol. The van der Waals surface area contributed by atoms with Gasteiger partial charge >= 0.3 is 0 Å². The number of rotatable bonds is 10. The van der Waals surface area contributed by atoms with Crippen LogP contribution in [0.2, 0.25) is 0 Å². The van der Waals surface area contributed by atoms with Crippen LogP contribution in [0, 0.1) is 12.8 Å². The molecule has 0 bridgehead atoms. The maximum Gasteiger partial charge on any atom is 0.243 e. The van der Waals surface area contributed by atoms with E-state index in [2.05, 4.69) is 0 Å². The van der Waals surface area contributed by atoms with Crippen LogP contribution in [0.4, 0.5) is 0 Å². The van der Waals surface area contributed by atoms with Crippen LogP contribution in [0.25, 0.3) is 0 Å². The fourth-order valence-electron chi connectivity index (χ4n) is 3.88. The second-order valence-electron chi connectivity index (χ2n) is 8.97. The van der Waals surface area contributed by atoms with Crippen LogP contribution in [-0.2, 0) is 27.9 Å². The highest BCUT2D eigenvalue weighted by Gasteiger charge is 2.29. The van der Waals surface area contributed by atoms with Crippen molar-refractivity contribution in [3.63, 3.8) is 0 Å². The fraction of sp³-hybridized carbons (Fsp3) is 0.346. The van der Waals surface area contributed by atoms with Gasteiger partial charge < -0.3 is 14.4 Å². The van der Waals surface area contributed by atoms with E-state index >= 15 is 0 Å². The van der Waals surface area contributed by atoms with Gasteiger partial charge in [-0.25, -0.2) is 8.42 Å². The van der Waals surface area contributed by atoms with Crippen LogP contribution >= 0.6 is 11.3 Å². The first-order valence-corrected chi connectivity index (χ1v) is 13.8. The fourth-order valence-corrected chi connectivity index (χ4v) is 6.37. The summed E-state index contributed by atoms with van der Waals surface area (Å²) in [6, 6.07) is 15.9. The SMILES string of the molecule is Cc1ccsc1CN(Cc1ccc2c(c1)OCO2)C(=O)CN(CC(C)C)S(=O)(=O)c1ccccc1. The predicted octanol–water partition coefficient (Wildman–Crippen LogP) is 4.66. The summed E-state index contributed by atoms with van der Waals surface area (Å²) in [5, 5.41) is 2.00. The first-order chi connectivity index (χ1) is 16.7. The highest BCUT2D eigenvalue weighted by atomic mass is 32.2. The van der Waals surface area contributed by atoms with Crippen molar-refractivity contribution < 1.29 is 22.7 Å². The molecule has 7 nitrogen and oxygen atoms in total. The Balaban J connectivity index is 1.60. The zero-order chi connectivity index (χ0) is 25.0. The van der Waals surface area contributed by atoms with Gasteiger partial charge in [0.1, 0.15) is 0 Å². The van der Waals surface area contributed by atoms with Crippen LogP contribution in [0.5, 0.6) is 11.5 Å². The lowest BCUT2D eigenvalue weighted by Crippen LogP contribution is -2.43. The summed E-state index contributed by atoms with van der Waals surface area (Å²) in [5.74, 6) is 1.13. The van der Waals surface area contributed by atoms with Crippen LogP contribution in [0.1, 0.15) is 29.9 Å². The number of carbonyl (C=O) groups excluding carboxylic acids is 1. The highest BCUT2D eigenvalue weighted by Crippen LogP contribution is 2.33. The molecule has 2 heterocycles. The minimum absolute atomic E-state index is 0.0585. The number of ether oxygens (including phenoxy) is 2. The molecule has 3 aromatic rings.